The number of benzene rings is 2. The van der Waals surface area contributed by atoms with E-state index < -0.39 is 0 Å². The zero-order valence-corrected chi connectivity index (χ0v) is 15.0. The van der Waals surface area contributed by atoms with E-state index in [1.54, 1.807) is 0 Å². The van der Waals surface area contributed by atoms with Gasteiger partial charge in [-0.1, -0.05) is 41.9 Å². The molecule has 25 heavy (non-hydrogen) atoms. The predicted octanol–water partition coefficient (Wildman–Crippen LogP) is 4.51. The highest BCUT2D eigenvalue weighted by Crippen LogP contribution is 2.46. The minimum Gasteiger partial charge on any atom is -0.426 e. The van der Waals surface area contributed by atoms with Gasteiger partial charge >= 0.3 is 5.97 Å². The molecule has 2 fully saturated rings. The molecule has 0 N–H and O–H groups in total. The molecule has 4 heteroatoms. The first-order chi connectivity index (χ1) is 12.1. The number of para-hydroxylation sites is 1. The first kappa shape index (κ1) is 16.6. The molecule has 4 atom stereocenters. The topological polar surface area (TPSA) is 29.5 Å². The summed E-state index contributed by atoms with van der Waals surface area (Å²) < 4.78 is 5.74. The summed E-state index contributed by atoms with van der Waals surface area (Å²) >= 11 is 6.05. The van der Waals surface area contributed by atoms with Crippen molar-refractivity contribution in [3.63, 3.8) is 0 Å². The Morgan fingerprint density at radius 3 is 2.52 bits per heavy atom. The standard InChI is InChI=1S/C21H22ClNO2/c1-23-16-11-12-19(23)20(21(24)25-17-5-3-2-4-6-17)18(13-16)14-7-9-15(22)10-8-14/h2-10,16,18-20H,11-13H2,1H3/t16-,18-,19-,20+/m1/s1. The minimum atomic E-state index is -0.148. The van der Waals surface area contributed by atoms with Gasteiger partial charge in [-0.05, 0) is 56.1 Å². The molecule has 2 aliphatic rings. The summed E-state index contributed by atoms with van der Waals surface area (Å²) in [6.45, 7) is 0. The van der Waals surface area contributed by atoms with Crippen LogP contribution in [-0.4, -0.2) is 30.0 Å². The van der Waals surface area contributed by atoms with Crippen LogP contribution in [0.3, 0.4) is 0 Å². The number of nitrogens with zero attached hydrogens (tertiary/aromatic N) is 1. The van der Waals surface area contributed by atoms with Crippen molar-refractivity contribution in [2.75, 3.05) is 7.05 Å². The van der Waals surface area contributed by atoms with E-state index in [1.807, 2.05) is 42.5 Å². The van der Waals surface area contributed by atoms with Crippen LogP contribution in [-0.2, 0) is 4.79 Å². The van der Waals surface area contributed by atoms with Crippen molar-refractivity contribution in [3.05, 3.63) is 65.2 Å². The van der Waals surface area contributed by atoms with Crippen molar-refractivity contribution in [1.29, 1.82) is 0 Å². The van der Waals surface area contributed by atoms with Crippen LogP contribution >= 0.6 is 11.6 Å². The van der Waals surface area contributed by atoms with Gasteiger partial charge in [0.2, 0.25) is 0 Å². The molecule has 0 amide bonds. The Morgan fingerprint density at radius 1 is 1.08 bits per heavy atom. The molecule has 0 spiro atoms. The van der Waals surface area contributed by atoms with Gasteiger partial charge in [-0.3, -0.25) is 9.69 Å². The Hall–Kier alpha value is -1.84. The molecule has 3 nitrogen and oxygen atoms in total. The maximum atomic E-state index is 13.1. The smallest absolute Gasteiger partial charge is 0.316 e. The van der Waals surface area contributed by atoms with Crippen LogP contribution < -0.4 is 4.74 Å². The van der Waals surface area contributed by atoms with Gasteiger partial charge in [0.05, 0.1) is 5.92 Å². The highest BCUT2D eigenvalue weighted by atomic mass is 35.5. The van der Waals surface area contributed by atoms with E-state index in [2.05, 4.69) is 24.1 Å². The van der Waals surface area contributed by atoms with Gasteiger partial charge in [0.25, 0.3) is 0 Å². The summed E-state index contributed by atoms with van der Waals surface area (Å²) in [5, 5.41) is 0.725. The summed E-state index contributed by atoms with van der Waals surface area (Å²) in [6.07, 6.45) is 3.20. The highest BCUT2D eigenvalue weighted by Gasteiger charge is 2.49. The van der Waals surface area contributed by atoms with Crippen LogP contribution in [0.2, 0.25) is 5.02 Å². The van der Waals surface area contributed by atoms with Crippen LogP contribution in [0.25, 0.3) is 0 Å². The lowest BCUT2D eigenvalue weighted by Crippen LogP contribution is -2.49. The molecule has 2 heterocycles. The van der Waals surface area contributed by atoms with Crippen LogP contribution in [0.1, 0.15) is 30.7 Å². The zero-order valence-electron chi connectivity index (χ0n) is 14.3. The van der Waals surface area contributed by atoms with E-state index in [4.69, 9.17) is 16.3 Å². The molecule has 0 unspecified atom stereocenters. The number of piperidine rings is 1. The molecule has 0 saturated carbocycles. The average molecular weight is 356 g/mol. The van der Waals surface area contributed by atoms with Gasteiger partial charge < -0.3 is 4.74 Å². The Bertz CT molecular complexity index is 746. The molecule has 2 aliphatic heterocycles. The molecular weight excluding hydrogens is 334 g/mol. The summed E-state index contributed by atoms with van der Waals surface area (Å²) in [7, 11) is 2.14. The third-order valence-electron chi connectivity index (χ3n) is 5.80. The Morgan fingerprint density at radius 2 is 1.80 bits per heavy atom. The van der Waals surface area contributed by atoms with E-state index in [1.165, 1.54) is 5.56 Å². The molecule has 130 valence electrons. The zero-order chi connectivity index (χ0) is 17.4. The van der Waals surface area contributed by atoms with Crippen molar-refractivity contribution >= 4 is 17.6 Å². The SMILES string of the molecule is CN1[C@@H]2CC[C@@H]1[C@@H](C(=O)Oc1ccccc1)[C@@H](c1ccc(Cl)cc1)C2. The number of hydrogen-bond donors (Lipinski definition) is 0. The van der Waals surface area contributed by atoms with Crippen molar-refractivity contribution in [2.45, 2.75) is 37.3 Å². The van der Waals surface area contributed by atoms with E-state index in [9.17, 15) is 4.79 Å². The first-order valence-electron chi connectivity index (χ1n) is 8.87. The number of halogens is 1. The summed E-state index contributed by atoms with van der Waals surface area (Å²) in [5.74, 6) is 0.529. The molecule has 2 aromatic carbocycles. The fourth-order valence-corrected chi connectivity index (χ4v) is 4.64. The molecule has 2 saturated heterocycles. The Labute approximate surface area is 153 Å². The number of ether oxygens (including phenoxy) is 1. The van der Waals surface area contributed by atoms with Gasteiger partial charge in [0.15, 0.2) is 0 Å². The van der Waals surface area contributed by atoms with Gasteiger partial charge in [-0.25, -0.2) is 0 Å². The third-order valence-corrected chi connectivity index (χ3v) is 6.05. The van der Waals surface area contributed by atoms with Gasteiger partial charge in [-0.15, -0.1) is 0 Å². The van der Waals surface area contributed by atoms with Crippen LogP contribution in [0.4, 0.5) is 0 Å². The van der Waals surface area contributed by atoms with Gasteiger partial charge in [0, 0.05) is 23.0 Å². The molecule has 0 radical (unpaired) electrons. The molecular formula is C21H22ClNO2. The fraction of sp³-hybridized carbons (Fsp3) is 0.381. The van der Waals surface area contributed by atoms with Crippen LogP contribution in [0.15, 0.2) is 54.6 Å². The number of carbonyl (C=O) groups excluding carboxylic acids is 1. The lowest BCUT2D eigenvalue weighted by molar-refractivity contribution is -0.143. The molecule has 0 aromatic heterocycles. The van der Waals surface area contributed by atoms with Crippen LogP contribution in [0, 0.1) is 5.92 Å². The van der Waals surface area contributed by atoms with Crippen molar-refractivity contribution in [3.8, 4) is 5.75 Å². The Balaban J connectivity index is 1.64. The number of esters is 1. The molecule has 4 rings (SSSR count). The Kier molecular flexibility index (Phi) is 4.53. The molecule has 2 bridgehead atoms. The lowest BCUT2D eigenvalue weighted by Gasteiger charge is -2.41. The highest BCUT2D eigenvalue weighted by molar-refractivity contribution is 6.30. The van der Waals surface area contributed by atoms with Gasteiger partial charge in [-0.2, -0.15) is 0 Å². The molecule has 0 aliphatic carbocycles. The summed E-state index contributed by atoms with van der Waals surface area (Å²) in [5.41, 5.74) is 1.18. The number of rotatable bonds is 3. The van der Waals surface area contributed by atoms with Crippen molar-refractivity contribution in [1.82, 2.24) is 4.90 Å². The average Bonchev–Trinajstić information content (AvgIpc) is 2.86. The predicted molar refractivity (Wildman–Crippen MR) is 99.0 cm³/mol. The van der Waals surface area contributed by atoms with E-state index in [-0.39, 0.29) is 23.8 Å². The fourth-order valence-electron chi connectivity index (χ4n) is 4.51. The summed E-state index contributed by atoms with van der Waals surface area (Å²) in [6, 6.07) is 18.1. The van der Waals surface area contributed by atoms with Gasteiger partial charge in [0.1, 0.15) is 5.75 Å². The largest absolute Gasteiger partial charge is 0.426 e. The number of fused-ring (bicyclic) bond motifs is 2. The second kappa shape index (κ2) is 6.81. The summed E-state index contributed by atoms with van der Waals surface area (Å²) in [4.78, 5) is 15.5. The van der Waals surface area contributed by atoms with Crippen molar-refractivity contribution < 1.29 is 9.53 Å². The molecule has 2 aromatic rings. The maximum Gasteiger partial charge on any atom is 0.316 e. The second-order valence-electron chi connectivity index (χ2n) is 7.12. The van der Waals surface area contributed by atoms with E-state index in [0.717, 1.165) is 24.3 Å². The maximum absolute atomic E-state index is 13.1. The third kappa shape index (κ3) is 3.19. The quantitative estimate of drug-likeness (QED) is 0.599. The lowest BCUT2D eigenvalue weighted by atomic mass is 9.76. The number of hydrogen-bond acceptors (Lipinski definition) is 3. The van der Waals surface area contributed by atoms with E-state index in [0.29, 0.717) is 11.8 Å². The second-order valence-corrected chi connectivity index (χ2v) is 7.55. The monoisotopic (exact) mass is 355 g/mol. The minimum absolute atomic E-state index is 0.122. The number of carbonyl (C=O) groups is 1. The van der Waals surface area contributed by atoms with Crippen molar-refractivity contribution in [2.24, 2.45) is 5.92 Å². The normalized spacial score (nSPS) is 28.7. The first-order valence-corrected chi connectivity index (χ1v) is 9.25. The van der Waals surface area contributed by atoms with E-state index >= 15 is 0 Å². The van der Waals surface area contributed by atoms with Crippen LogP contribution in [0.5, 0.6) is 5.75 Å².